The van der Waals surface area contributed by atoms with E-state index in [-0.39, 0.29) is 0 Å². The highest BCUT2D eigenvalue weighted by Crippen LogP contribution is 2.23. The second-order valence-electron chi connectivity index (χ2n) is 6.63. The van der Waals surface area contributed by atoms with Crippen LogP contribution in [0.1, 0.15) is 0 Å². The van der Waals surface area contributed by atoms with E-state index in [9.17, 15) is 4.79 Å². The molecule has 0 aromatic carbocycles. The molecule has 0 radical (unpaired) electrons. The summed E-state index contributed by atoms with van der Waals surface area (Å²) >= 11 is 0. The van der Waals surface area contributed by atoms with Crippen LogP contribution in [0, 0.1) is 0 Å². The van der Waals surface area contributed by atoms with E-state index in [1.165, 1.54) is 0 Å². The molecule has 0 amide bonds. The molecule has 0 fully saturated rings. The van der Waals surface area contributed by atoms with Crippen molar-refractivity contribution in [1.82, 2.24) is 0 Å². The van der Waals surface area contributed by atoms with Crippen molar-refractivity contribution >= 4 is 39.7 Å². The zero-order valence-corrected chi connectivity index (χ0v) is 17.5. The summed E-state index contributed by atoms with van der Waals surface area (Å²) in [5.41, 5.74) is 1.91. The third kappa shape index (κ3) is 8.12. The number of hydrogen-bond acceptors (Lipinski definition) is 4. The minimum atomic E-state index is -2.35. The van der Waals surface area contributed by atoms with Gasteiger partial charge in [-0.3, -0.25) is 0 Å². The predicted molar refractivity (Wildman–Crippen MR) is 90.1 cm³/mol. The number of rotatable bonds is 8. The van der Waals surface area contributed by atoms with Crippen LogP contribution in [-0.4, -0.2) is 39.7 Å². The quantitative estimate of drug-likeness (QED) is 0.504. The van der Waals surface area contributed by atoms with Gasteiger partial charge >= 0.3 is 17.1 Å². The van der Waals surface area contributed by atoms with Crippen molar-refractivity contribution in [3.05, 3.63) is 12.3 Å². The maximum atomic E-state index is 11.0. The summed E-state index contributed by atoms with van der Waals surface area (Å²) in [6.07, 6.45) is 0. The lowest BCUT2D eigenvalue weighted by Gasteiger charge is -2.39. The highest BCUT2D eigenvalue weighted by molar-refractivity contribution is 7.00. The average molecular weight is 337 g/mol. The predicted octanol–water partition coefficient (Wildman–Crippen LogP) is 3.35. The van der Waals surface area contributed by atoms with Crippen LogP contribution in [-0.2, 0) is 17.1 Å². The summed E-state index contributed by atoms with van der Waals surface area (Å²) in [7, 11) is -8.76. The second kappa shape index (κ2) is 6.29. The normalized spacial score (nSPS) is 14.3. The van der Waals surface area contributed by atoms with Crippen LogP contribution in [0.3, 0.4) is 0 Å². The van der Waals surface area contributed by atoms with E-state index >= 15 is 0 Å². The van der Waals surface area contributed by atoms with Gasteiger partial charge in [0.05, 0.1) is 0 Å². The molecule has 0 unspecified atom stereocenters. The SMILES string of the molecule is C=C[Si](C)(C)O[Si](C)(C)O[Si](C)(C)O[Si](C)(C)C=O. The van der Waals surface area contributed by atoms with Gasteiger partial charge in [-0.05, 0) is 52.4 Å². The van der Waals surface area contributed by atoms with Gasteiger partial charge in [0.2, 0.25) is 8.32 Å². The Kier molecular flexibility index (Phi) is 6.34. The Hall–Kier alpha value is 0.158. The smallest absolute Gasteiger partial charge is 0.312 e. The summed E-state index contributed by atoms with van der Waals surface area (Å²) in [4.78, 5) is 11.0. The van der Waals surface area contributed by atoms with Crippen molar-refractivity contribution in [2.75, 3.05) is 0 Å². The molecule has 0 rings (SSSR count). The lowest BCUT2D eigenvalue weighted by Crippen LogP contribution is -2.56. The second-order valence-corrected chi connectivity index (χ2v) is 21.7. The van der Waals surface area contributed by atoms with Gasteiger partial charge in [-0.25, -0.2) is 0 Å². The lowest BCUT2D eigenvalue weighted by atomic mass is 11.3. The standard InChI is InChI=1S/C11H28O4Si4/c1-10-16(2,3)13-18(6,7)15-19(8,9)14-17(4,5)11-12/h10-11H,1H2,2-9H3. The first kappa shape index (κ1) is 19.2. The maximum absolute atomic E-state index is 11.0. The fraction of sp³-hybridized carbons (Fsp3) is 0.727. The van der Waals surface area contributed by atoms with Gasteiger partial charge in [-0.15, -0.1) is 6.58 Å². The average Bonchev–Trinajstić information content (AvgIpc) is 2.12. The Balaban J connectivity index is 4.81. The van der Waals surface area contributed by atoms with Crippen LogP contribution in [0.4, 0.5) is 0 Å². The summed E-state index contributed by atoms with van der Waals surface area (Å²) < 4.78 is 18.4. The van der Waals surface area contributed by atoms with Gasteiger partial charge in [0.15, 0.2) is 8.32 Å². The van der Waals surface area contributed by atoms with Gasteiger partial charge in [0.1, 0.15) is 5.91 Å². The van der Waals surface area contributed by atoms with Gasteiger partial charge in [0.25, 0.3) is 0 Å². The molecule has 0 heterocycles. The Morgan fingerprint density at radius 1 is 0.737 bits per heavy atom. The van der Waals surface area contributed by atoms with Gasteiger partial charge in [-0.2, -0.15) is 0 Å². The molecule has 0 aliphatic heterocycles. The molecular formula is C11H28O4Si4. The van der Waals surface area contributed by atoms with E-state index in [1.54, 1.807) is 0 Å². The van der Waals surface area contributed by atoms with Crippen molar-refractivity contribution in [2.24, 2.45) is 0 Å². The highest BCUT2D eigenvalue weighted by Gasteiger charge is 2.42. The monoisotopic (exact) mass is 336 g/mol. The molecule has 112 valence electrons. The molecule has 0 aromatic heterocycles. The fourth-order valence-electron chi connectivity index (χ4n) is 1.97. The first-order chi connectivity index (χ1) is 8.24. The van der Waals surface area contributed by atoms with Gasteiger partial charge in [-0.1, -0.05) is 5.70 Å². The van der Waals surface area contributed by atoms with Crippen molar-refractivity contribution in [2.45, 2.75) is 52.4 Å². The molecule has 0 N–H and O–H groups in total. The van der Waals surface area contributed by atoms with Crippen molar-refractivity contribution in [3.8, 4) is 0 Å². The molecule has 0 saturated heterocycles. The lowest BCUT2D eigenvalue weighted by molar-refractivity contribution is 0.333. The van der Waals surface area contributed by atoms with Crippen molar-refractivity contribution in [1.29, 1.82) is 0 Å². The van der Waals surface area contributed by atoms with Crippen LogP contribution in [0.15, 0.2) is 12.3 Å². The number of hydrogen-bond donors (Lipinski definition) is 0. The van der Waals surface area contributed by atoms with Crippen molar-refractivity contribution < 1.29 is 17.1 Å². The Morgan fingerprint density at radius 3 is 1.42 bits per heavy atom. The third-order valence-corrected chi connectivity index (χ3v) is 15.9. The molecule has 0 aliphatic rings. The van der Waals surface area contributed by atoms with E-state index < -0.39 is 33.8 Å². The largest absolute Gasteiger partial charge is 0.433 e. The zero-order valence-electron chi connectivity index (χ0n) is 13.5. The van der Waals surface area contributed by atoms with Crippen LogP contribution in [0.5, 0.6) is 0 Å². The number of carbonyl (C=O) groups is 1. The third-order valence-electron chi connectivity index (χ3n) is 2.28. The molecule has 0 saturated carbocycles. The minimum Gasteiger partial charge on any atom is -0.433 e. The Labute approximate surface area is 121 Å². The van der Waals surface area contributed by atoms with E-state index in [1.807, 2.05) is 45.0 Å². The molecule has 4 nitrogen and oxygen atoms in total. The first-order valence-electron chi connectivity index (χ1n) is 6.45. The summed E-state index contributed by atoms with van der Waals surface area (Å²) in [6.45, 7) is 19.8. The summed E-state index contributed by atoms with van der Waals surface area (Å²) in [5.74, 6) is 0.947. The molecule has 0 atom stereocenters. The molecule has 0 spiro atoms. The molecule has 0 aromatic rings. The Bertz CT molecular complexity index is 308. The van der Waals surface area contributed by atoms with Crippen molar-refractivity contribution in [3.63, 3.8) is 0 Å². The minimum absolute atomic E-state index is 0.947. The Morgan fingerprint density at radius 2 is 1.11 bits per heavy atom. The van der Waals surface area contributed by atoms with Crippen LogP contribution < -0.4 is 0 Å². The highest BCUT2D eigenvalue weighted by atomic mass is 28.5. The molecule has 0 aliphatic carbocycles. The van der Waals surface area contributed by atoms with E-state index in [0.29, 0.717) is 0 Å². The summed E-state index contributed by atoms with van der Waals surface area (Å²) in [6, 6.07) is 0. The van der Waals surface area contributed by atoms with Gasteiger partial charge < -0.3 is 17.1 Å². The maximum Gasteiger partial charge on any atom is 0.312 e. The fourth-order valence-corrected chi connectivity index (χ4v) is 18.4. The topological polar surface area (TPSA) is 44.8 Å². The summed E-state index contributed by atoms with van der Waals surface area (Å²) in [5, 5.41) is 0. The first-order valence-corrected chi connectivity index (χ1v) is 18.1. The van der Waals surface area contributed by atoms with E-state index in [2.05, 4.69) is 19.7 Å². The van der Waals surface area contributed by atoms with Crippen LogP contribution in [0.2, 0.25) is 52.4 Å². The van der Waals surface area contributed by atoms with E-state index in [4.69, 9.17) is 12.3 Å². The molecule has 8 heteroatoms. The van der Waals surface area contributed by atoms with Crippen LogP contribution >= 0.6 is 0 Å². The zero-order chi connectivity index (χ0) is 15.5. The molecular weight excluding hydrogens is 308 g/mol. The van der Waals surface area contributed by atoms with E-state index in [0.717, 1.165) is 5.91 Å². The molecule has 0 bridgehead atoms. The molecule has 19 heavy (non-hydrogen) atoms. The van der Waals surface area contributed by atoms with Crippen LogP contribution in [0.25, 0.3) is 0 Å². The van der Waals surface area contributed by atoms with Gasteiger partial charge in [0, 0.05) is 0 Å². The number of carbonyl (C=O) groups excluding carboxylic acids is 1.